The highest BCUT2D eigenvalue weighted by atomic mass is 79.9. The van der Waals surface area contributed by atoms with E-state index in [9.17, 15) is 14.3 Å². The zero-order chi connectivity index (χ0) is 14.8. The van der Waals surface area contributed by atoms with Crippen LogP contribution in [0.2, 0.25) is 0 Å². The van der Waals surface area contributed by atoms with Crippen molar-refractivity contribution in [2.24, 2.45) is 5.92 Å². The summed E-state index contributed by atoms with van der Waals surface area (Å²) in [4.78, 5) is 11.9. The fraction of sp³-hybridized carbons (Fsp3) is 0.533. The molecule has 0 saturated heterocycles. The topological polar surface area (TPSA) is 49.3 Å². The molecule has 0 heterocycles. The molecule has 3 nitrogen and oxygen atoms in total. The molecule has 0 aromatic heterocycles. The van der Waals surface area contributed by atoms with E-state index in [1.54, 1.807) is 12.1 Å². The lowest BCUT2D eigenvalue weighted by Gasteiger charge is -2.28. The molecular formula is C15H19BrFNO2. The molecule has 5 heteroatoms. The van der Waals surface area contributed by atoms with Crippen molar-refractivity contribution < 1.29 is 14.3 Å². The molecule has 110 valence electrons. The fourth-order valence-corrected chi connectivity index (χ4v) is 2.68. The third-order valence-electron chi connectivity index (χ3n) is 3.87. The number of hydrogen-bond acceptors (Lipinski definition) is 2. The SMILES string of the molecule is CC(CO)(NC(=O)CCc1ccc(Br)cc1F)C1CC1. The van der Waals surface area contributed by atoms with Gasteiger partial charge in [-0.3, -0.25) is 4.79 Å². The standard InChI is InChI=1S/C15H19BrFNO2/c1-15(9-19,11-4-5-11)18-14(20)7-3-10-2-6-12(16)8-13(10)17/h2,6,8,11,19H,3-5,7,9H2,1H3,(H,18,20). The number of benzene rings is 1. The number of carbonyl (C=O) groups excluding carboxylic acids is 1. The van der Waals surface area contributed by atoms with Gasteiger partial charge in [0.15, 0.2) is 0 Å². The van der Waals surface area contributed by atoms with E-state index in [1.165, 1.54) is 6.07 Å². The molecule has 1 unspecified atom stereocenters. The molecular weight excluding hydrogens is 325 g/mol. The lowest BCUT2D eigenvalue weighted by atomic mass is 9.96. The van der Waals surface area contributed by atoms with Crippen LogP contribution in [-0.2, 0) is 11.2 Å². The van der Waals surface area contributed by atoms with E-state index in [2.05, 4.69) is 21.2 Å². The zero-order valence-electron chi connectivity index (χ0n) is 11.5. The number of aliphatic hydroxyl groups is 1. The molecule has 1 fully saturated rings. The van der Waals surface area contributed by atoms with Crippen molar-refractivity contribution in [2.75, 3.05) is 6.61 Å². The Kier molecular flexibility index (Phi) is 4.81. The molecule has 20 heavy (non-hydrogen) atoms. The Balaban J connectivity index is 1.88. The predicted molar refractivity (Wildman–Crippen MR) is 78.8 cm³/mol. The molecule has 1 amide bonds. The summed E-state index contributed by atoms with van der Waals surface area (Å²) in [6.45, 7) is 1.80. The second kappa shape index (κ2) is 6.22. The van der Waals surface area contributed by atoms with E-state index in [0.29, 0.717) is 22.4 Å². The van der Waals surface area contributed by atoms with Crippen LogP contribution < -0.4 is 5.32 Å². The van der Waals surface area contributed by atoms with Crippen molar-refractivity contribution in [3.05, 3.63) is 34.1 Å². The molecule has 1 aliphatic carbocycles. The van der Waals surface area contributed by atoms with Crippen LogP contribution in [-0.4, -0.2) is 23.2 Å². The molecule has 1 atom stereocenters. The van der Waals surface area contributed by atoms with Crippen molar-refractivity contribution >= 4 is 21.8 Å². The minimum atomic E-state index is -0.532. The smallest absolute Gasteiger partial charge is 0.220 e. The molecule has 1 aliphatic rings. The molecule has 2 rings (SSSR count). The number of halogens is 2. The monoisotopic (exact) mass is 343 g/mol. The van der Waals surface area contributed by atoms with Gasteiger partial charge in [0.05, 0.1) is 12.1 Å². The molecule has 0 aliphatic heterocycles. The third kappa shape index (κ3) is 3.79. The quantitative estimate of drug-likeness (QED) is 0.834. The van der Waals surface area contributed by atoms with E-state index < -0.39 is 5.54 Å². The lowest BCUT2D eigenvalue weighted by Crippen LogP contribution is -2.50. The Morgan fingerprint density at radius 3 is 2.80 bits per heavy atom. The summed E-state index contributed by atoms with van der Waals surface area (Å²) < 4.78 is 14.3. The van der Waals surface area contributed by atoms with Gasteiger partial charge in [0, 0.05) is 10.9 Å². The highest BCUT2D eigenvalue weighted by Gasteiger charge is 2.41. The molecule has 0 bridgehead atoms. The first-order valence-corrected chi connectivity index (χ1v) is 7.60. The van der Waals surface area contributed by atoms with Crippen molar-refractivity contribution in [3.63, 3.8) is 0 Å². The average Bonchev–Trinajstić information content (AvgIpc) is 3.22. The summed E-state index contributed by atoms with van der Waals surface area (Å²) in [5.74, 6) is -0.0871. The summed E-state index contributed by atoms with van der Waals surface area (Å²) in [7, 11) is 0. The van der Waals surface area contributed by atoms with Gasteiger partial charge in [-0.25, -0.2) is 4.39 Å². The molecule has 1 aromatic carbocycles. The van der Waals surface area contributed by atoms with Crippen LogP contribution in [0.4, 0.5) is 4.39 Å². The van der Waals surface area contributed by atoms with Gasteiger partial charge in [0.1, 0.15) is 5.82 Å². The largest absolute Gasteiger partial charge is 0.394 e. The van der Waals surface area contributed by atoms with Crippen LogP contribution in [0.15, 0.2) is 22.7 Å². The number of hydrogen-bond donors (Lipinski definition) is 2. The normalized spacial score (nSPS) is 17.6. The first-order chi connectivity index (χ1) is 9.44. The Morgan fingerprint density at radius 2 is 2.25 bits per heavy atom. The number of rotatable bonds is 6. The van der Waals surface area contributed by atoms with Crippen molar-refractivity contribution in [1.29, 1.82) is 0 Å². The van der Waals surface area contributed by atoms with Gasteiger partial charge in [-0.1, -0.05) is 22.0 Å². The summed E-state index contributed by atoms with van der Waals surface area (Å²) in [6, 6.07) is 4.84. The zero-order valence-corrected chi connectivity index (χ0v) is 13.0. The van der Waals surface area contributed by atoms with E-state index in [0.717, 1.165) is 12.8 Å². The maximum absolute atomic E-state index is 13.6. The van der Waals surface area contributed by atoms with Gasteiger partial charge >= 0.3 is 0 Å². The van der Waals surface area contributed by atoms with Crippen LogP contribution >= 0.6 is 15.9 Å². The Bertz CT molecular complexity index is 505. The van der Waals surface area contributed by atoms with Gasteiger partial charge in [-0.2, -0.15) is 0 Å². The van der Waals surface area contributed by atoms with Crippen LogP contribution in [0.5, 0.6) is 0 Å². The van der Waals surface area contributed by atoms with E-state index >= 15 is 0 Å². The number of nitrogens with one attached hydrogen (secondary N) is 1. The minimum absolute atomic E-state index is 0.0595. The van der Waals surface area contributed by atoms with E-state index in [-0.39, 0.29) is 24.8 Å². The molecule has 0 radical (unpaired) electrons. The molecule has 2 N–H and O–H groups in total. The van der Waals surface area contributed by atoms with Crippen molar-refractivity contribution in [2.45, 2.75) is 38.1 Å². The summed E-state index contributed by atoms with van der Waals surface area (Å²) in [5, 5.41) is 12.3. The minimum Gasteiger partial charge on any atom is -0.394 e. The van der Waals surface area contributed by atoms with Gasteiger partial charge < -0.3 is 10.4 Å². The summed E-state index contributed by atoms with van der Waals surface area (Å²) in [5.41, 5.74) is -0.00418. The first-order valence-electron chi connectivity index (χ1n) is 6.80. The van der Waals surface area contributed by atoms with E-state index in [1.807, 2.05) is 6.92 Å². The number of aryl methyl sites for hydroxylation is 1. The van der Waals surface area contributed by atoms with Crippen LogP contribution in [0, 0.1) is 11.7 Å². The van der Waals surface area contributed by atoms with Gasteiger partial charge in [0.2, 0.25) is 5.91 Å². The van der Waals surface area contributed by atoms with Crippen molar-refractivity contribution in [3.8, 4) is 0 Å². The number of amides is 1. The molecule has 1 saturated carbocycles. The first kappa shape index (κ1) is 15.4. The fourth-order valence-electron chi connectivity index (χ4n) is 2.34. The van der Waals surface area contributed by atoms with Gasteiger partial charge in [-0.15, -0.1) is 0 Å². The van der Waals surface area contributed by atoms with Crippen molar-refractivity contribution in [1.82, 2.24) is 5.32 Å². The van der Waals surface area contributed by atoms with Crippen LogP contribution in [0.1, 0.15) is 31.7 Å². The Labute approximate surface area is 126 Å². The van der Waals surface area contributed by atoms with E-state index in [4.69, 9.17) is 0 Å². The summed E-state index contributed by atoms with van der Waals surface area (Å²) >= 11 is 3.20. The Morgan fingerprint density at radius 1 is 1.55 bits per heavy atom. The molecule has 0 spiro atoms. The van der Waals surface area contributed by atoms with Crippen LogP contribution in [0.3, 0.4) is 0 Å². The highest BCUT2D eigenvalue weighted by molar-refractivity contribution is 9.10. The molecule has 1 aromatic rings. The van der Waals surface area contributed by atoms with Gasteiger partial charge in [-0.05, 0) is 49.8 Å². The second-order valence-corrected chi connectivity index (χ2v) is 6.55. The lowest BCUT2D eigenvalue weighted by molar-refractivity contribution is -0.123. The summed E-state index contributed by atoms with van der Waals surface area (Å²) in [6.07, 6.45) is 2.66. The second-order valence-electron chi connectivity index (χ2n) is 5.63. The number of aliphatic hydroxyl groups excluding tert-OH is 1. The highest BCUT2D eigenvalue weighted by Crippen LogP contribution is 2.39. The Hall–Kier alpha value is -0.940. The van der Waals surface area contributed by atoms with Gasteiger partial charge in [0.25, 0.3) is 0 Å². The maximum atomic E-state index is 13.6. The van der Waals surface area contributed by atoms with Crippen LogP contribution in [0.25, 0.3) is 0 Å². The maximum Gasteiger partial charge on any atom is 0.220 e. The predicted octanol–water partition coefficient (Wildman–Crippen LogP) is 2.80. The third-order valence-corrected chi connectivity index (χ3v) is 4.36. The number of carbonyl (C=O) groups is 1. The average molecular weight is 344 g/mol.